The normalized spacial score (nSPS) is 33.3. The number of rotatable bonds is 3. The maximum atomic E-state index is 6.52. The summed E-state index contributed by atoms with van der Waals surface area (Å²) in [6.45, 7) is 6.35. The lowest BCUT2D eigenvalue weighted by Gasteiger charge is -2.44. The highest BCUT2D eigenvalue weighted by atomic mass is 35.5. The third kappa shape index (κ3) is 3.52. The molecule has 0 aromatic heterocycles. The van der Waals surface area contributed by atoms with Crippen LogP contribution >= 0.6 is 11.6 Å². The van der Waals surface area contributed by atoms with Gasteiger partial charge in [0.15, 0.2) is 17.3 Å². The molecule has 2 saturated heterocycles. The van der Waals surface area contributed by atoms with E-state index in [9.17, 15) is 0 Å². The molecular formula is C25H28ClNO4. The maximum Gasteiger partial charge on any atom is 0.231 e. The Balaban J connectivity index is 1.37. The minimum Gasteiger partial charge on any atom is -0.454 e. The highest BCUT2D eigenvalue weighted by Crippen LogP contribution is 2.52. The average Bonchev–Trinajstić information content (AvgIpc) is 3.43. The van der Waals surface area contributed by atoms with Crippen LogP contribution in [0.1, 0.15) is 43.7 Å². The lowest BCUT2D eigenvalue weighted by Crippen LogP contribution is -2.50. The van der Waals surface area contributed by atoms with Crippen LogP contribution in [0, 0.1) is 5.92 Å². The number of halogens is 1. The van der Waals surface area contributed by atoms with Gasteiger partial charge < -0.3 is 18.9 Å². The zero-order chi connectivity index (χ0) is 21.2. The molecule has 0 unspecified atom stereocenters. The van der Waals surface area contributed by atoms with Gasteiger partial charge in [-0.1, -0.05) is 29.8 Å². The molecule has 2 aromatic carbocycles. The van der Waals surface area contributed by atoms with E-state index in [2.05, 4.69) is 29.2 Å². The summed E-state index contributed by atoms with van der Waals surface area (Å²) in [5, 5.41) is 0.778. The molecule has 3 heterocycles. The lowest BCUT2D eigenvalue weighted by molar-refractivity contribution is -0.147. The Hall–Kier alpha value is -1.79. The van der Waals surface area contributed by atoms with Crippen LogP contribution in [0.2, 0.25) is 5.02 Å². The fraction of sp³-hybridized carbons (Fsp3) is 0.520. The van der Waals surface area contributed by atoms with Crippen molar-refractivity contribution in [1.29, 1.82) is 0 Å². The number of likely N-dealkylation sites (tertiary alicyclic amines) is 1. The Morgan fingerprint density at radius 1 is 1.03 bits per heavy atom. The molecule has 3 fully saturated rings. The van der Waals surface area contributed by atoms with Crippen molar-refractivity contribution in [1.82, 2.24) is 4.90 Å². The summed E-state index contributed by atoms with van der Waals surface area (Å²) in [5.41, 5.74) is 2.54. The molecule has 6 heteroatoms. The first-order chi connectivity index (χ1) is 15.0. The van der Waals surface area contributed by atoms with E-state index in [4.69, 9.17) is 30.5 Å². The summed E-state index contributed by atoms with van der Waals surface area (Å²) in [6, 6.07) is 15.0. The van der Waals surface area contributed by atoms with Crippen LogP contribution in [0.4, 0.5) is 0 Å². The zero-order valence-corrected chi connectivity index (χ0v) is 18.7. The largest absolute Gasteiger partial charge is 0.454 e. The summed E-state index contributed by atoms with van der Waals surface area (Å²) < 4.78 is 24.1. The van der Waals surface area contributed by atoms with E-state index >= 15 is 0 Å². The molecule has 0 radical (unpaired) electrons. The first-order valence-corrected chi connectivity index (χ1v) is 11.6. The molecule has 4 aliphatic rings. The van der Waals surface area contributed by atoms with Crippen molar-refractivity contribution in [2.75, 3.05) is 13.3 Å². The van der Waals surface area contributed by atoms with E-state index < -0.39 is 5.79 Å². The SMILES string of the molecule is CC1(C)O[C@@H]2[C@@H](c3ccc4c(c3)OCO4)[C@H]3[C@H](CCN3Cc3ccc(Cl)cc3)C[C@@H]2O1. The summed E-state index contributed by atoms with van der Waals surface area (Å²) in [7, 11) is 0. The van der Waals surface area contributed by atoms with Crippen LogP contribution in [0.25, 0.3) is 0 Å². The summed E-state index contributed by atoms with van der Waals surface area (Å²) >= 11 is 6.11. The maximum absolute atomic E-state index is 6.52. The quantitative estimate of drug-likeness (QED) is 0.672. The van der Waals surface area contributed by atoms with Gasteiger partial charge in [-0.3, -0.25) is 4.90 Å². The van der Waals surface area contributed by atoms with Crippen LogP contribution in [0.5, 0.6) is 11.5 Å². The molecule has 3 aliphatic heterocycles. The molecule has 0 spiro atoms. The molecule has 2 aromatic rings. The topological polar surface area (TPSA) is 40.2 Å². The van der Waals surface area contributed by atoms with Gasteiger partial charge in [0, 0.05) is 23.5 Å². The molecule has 0 amide bonds. The third-order valence-corrected chi connectivity index (χ3v) is 7.50. The Labute approximate surface area is 188 Å². The second kappa shape index (κ2) is 7.38. The van der Waals surface area contributed by atoms with E-state index in [1.54, 1.807) is 0 Å². The molecule has 1 saturated carbocycles. The molecular weight excluding hydrogens is 414 g/mol. The lowest BCUT2D eigenvalue weighted by atomic mass is 9.71. The summed E-state index contributed by atoms with van der Waals surface area (Å²) in [5.74, 6) is 1.90. The van der Waals surface area contributed by atoms with Gasteiger partial charge in [-0.25, -0.2) is 0 Å². The van der Waals surface area contributed by atoms with Crippen molar-refractivity contribution in [2.24, 2.45) is 5.92 Å². The molecule has 164 valence electrons. The van der Waals surface area contributed by atoms with Crippen molar-refractivity contribution < 1.29 is 18.9 Å². The van der Waals surface area contributed by atoms with Gasteiger partial charge in [0.2, 0.25) is 6.79 Å². The minimum absolute atomic E-state index is 0.0300. The van der Waals surface area contributed by atoms with E-state index in [-0.39, 0.29) is 24.9 Å². The Morgan fingerprint density at radius 3 is 2.68 bits per heavy atom. The summed E-state index contributed by atoms with van der Waals surface area (Å²) in [6.07, 6.45) is 2.40. The Bertz CT molecular complexity index is 978. The fourth-order valence-electron chi connectivity index (χ4n) is 6.09. The second-order valence-electron chi connectivity index (χ2n) is 9.65. The van der Waals surface area contributed by atoms with Crippen molar-refractivity contribution in [3.8, 4) is 11.5 Å². The van der Waals surface area contributed by atoms with Crippen molar-refractivity contribution >= 4 is 11.6 Å². The van der Waals surface area contributed by atoms with Gasteiger partial charge in [0.05, 0.1) is 12.2 Å². The van der Waals surface area contributed by atoms with Crippen molar-refractivity contribution in [2.45, 2.75) is 63.2 Å². The third-order valence-electron chi connectivity index (χ3n) is 7.25. The Morgan fingerprint density at radius 2 is 1.84 bits per heavy atom. The van der Waals surface area contributed by atoms with Crippen LogP contribution < -0.4 is 9.47 Å². The first-order valence-electron chi connectivity index (χ1n) is 11.2. The van der Waals surface area contributed by atoms with E-state index in [0.29, 0.717) is 12.0 Å². The van der Waals surface area contributed by atoms with Crippen molar-refractivity contribution in [3.05, 3.63) is 58.6 Å². The predicted octanol–water partition coefficient (Wildman–Crippen LogP) is 4.97. The van der Waals surface area contributed by atoms with Crippen LogP contribution in [0.15, 0.2) is 42.5 Å². The predicted molar refractivity (Wildman–Crippen MR) is 118 cm³/mol. The van der Waals surface area contributed by atoms with Crippen LogP contribution in [0.3, 0.4) is 0 Å². The molecule has 1 aliphatic carbocycles. The fourth-order valence-corrected chi connectivity index (χ4v) is 6.21. The van der Waals surface area contributed by atoms with Gasteiger partial charge in [0.1, 0.15) is 0 Å². The zero-order valence-electron chi connectivity index (χ0n) is 17.9. The van der Waals surface area contributed by atoms with Gasteiger partial charge in [-0.15, -0.1) is 0 Å². The van der Waals surface area contributed by atoms with E-state index in [1.165, 1.54) is 17.5 Å². The molecule has 0 N–H and O–H groups in total. The number of fused-ring (bicyclic) bond motifs is 3. The Kier molecular flexibility index (Phi) is 4.73. The molecule has 5 nitrogen and oxygen atoms in total. The molecule has 6 rings (SSSR count). The van der Waals surface area contributed by atoms with Gasteiger partial charge in [-0.2, -0.15) is 0 Å². The molecule has 31 heavy (non-hydrogen) atoms. The van der Waals surface area contributed by atoms with Gasteiger partial charge >= 0.3 is 0 Å². The first kappa shape index (κ1) is 19.9. The number of ether oxygens (including phenoxy) is 4. The van der Waals surface area contributed by atoms with E-state index in [0.717, 1.165) is 36.0 Å². The number of hydrogen-bond acceptors (Lipinski definition) is 5. The molecule has 0 bridgehead atoms. The van der Waals surface area contributed by atoms with Gasteiger partial charge in [-0.05, 0) is 74.5 Å². The summed E-state index contributed by atoms with van der Waals surface area (Å²) in [4.78, 5) is 2.63. The van der Waals surface area contributed by atoms with E-state index in [1.807, 2.05) is 32.0 Å². The number of benzene rings is 2. The highest BCUT2D eigenvalue weighted by molar-refractivity contribution is 6.30. The monoisotopic (exact) mass is 441 g/mol. The highest BCUT2D eigenvalue weighted by Gasteiger charge is 2.56. The average molecular weight is 442 g/mol. The smallest absolute Gasteiger partial charge is 0.231 e. The molecule has 5 atom stereocenters. The number of hydrogen-bond donors (Lipinski definition) is 0. The second-order valence-corrected chi connectivity index (χ2v) is 10.1. The van der Waals surface area contributed by atoms with Crippen LogP contribution in [-0.4, -0.2) is 42.3 Å². The minimum atomic E-state index is -0.552. The number of nitrogens with zero attached hydrogens (tertiary/aromatic N) is 1. The standard InChI is InChI=1S/C25H28ClNO4/c1-25(2)30-21-12-17-9-10-27(13-15-3-6-18(26)7-4-15)23(17)22(24(21)31-25)16-5-8-19-20(11-16)29-14-28-19/h3-8,11,17,21-24H,9-10,12-14H2,1-2H3/t17-,21+,22+,23-,24+/m1/s1. The van der Waals surface area contributed by atoms with Crippen LogP contribution in [-0.2, 0) is 16.0 Å². The van der Waals surface area contributed by atoms with Gasteiger partial charge in [0.25, 0.3) is 0 Å². The van der Waals surface area contributed by atoms with Crippen molar-refractivity contribution in [3.63, 3.8) is 0 Å².